The maximum absolute atomic E-state index is 5.95. The van der Waals surface area contributed by atoms with Gasteiger partial charge in [0.2, 0.25) is 0 Å². The van der Waals surface area contributed by atoms with Crippen molar-refractivity contribution in [2.75, 3.05) is 19.8 Å². The Kier molecular flexibility index (Phi) is 5.06. The molecule has 0 bridgehead atoms. The predicted molar refractivity (Wildman–Crippen MR) is 82.2 cm³/mol. The van der Waals surface area contributed by atoms with Crippen LogP contribution in [0.5, 0.6) is 5.75 Å². The molecule has 0 saturated carbocycles. The van der Waals surface area contributed by atoms with Gasteiger partial charge in [-0.1, -0.05) is 12.1 Å². The van der Waals surface area contributed by atoms with Crippen LogP contribution in [0.4, 0.5) is 0 Å². The summed E-state index contributed by atoms with van der Waals surface area (Å²) in [5.41, 5.74) is 1.38. The van der Waals surface area contributed by atoms with Gasteiger partial charge in [0.05, 0.1) is 12.7 Å². The van der Waals surface area contributed by atoms with E-state index in [1.807, 2.05) is 13.0 Å². The summed E-state index contributed by atoms with van der Waals surface area (Å²) in [5.74, 6) is 1.47. The van der Waals surface area contributed by atoms with Crippen molar-refractivity contribution in [1.82, 2.24) is 5.32 Å². The summed E-state index contributed by atoms with van der Waals surface area (Å²) in [4.78, 5) is 0. The van der Waals surface area contributed by atoms with Gasteiger partial charge in [-0.3, -0.25) is 0 Å². The zero-order chi connectivity index (χ0) is 14.6. The van der Waals surface area contributed by atoms with Crippen molar-refractivity contribution in [3.05, 3.63) is 29.8 Å². The summed E-state index contributed by atoms with van der Waals surface area (Å²) in [6.45, 7) is 11.2. The lowest BCUT2D eigenvalue weighted by Crippen LogP contribution is -2.39. The van der Waals surface area contributed by atoms with E-state index in [9.17, 15) is 0 Å². The molecule has 112 valence electrons. The molecule has 3 heteroatoms. The molecule has 1 N–H and O–H groups in total. The molecule has 0 aromatic heterocycles. The Morgan fingerprint density at radius 3 is 2.85 bits per heavy atom. The van der Waals surface area contributed by atoms with Crippen LogP contribution in [0.25, 0.3) is 0 Å². The molecule has 3 nitrogen and oxygen atoms in total. The normalized spacial score (nSPS) is 23.0. The van der Waals surface area contributed by atoms with Crippen molar-refractivity contribution < 1.29 is 9.47 Å². The van der Waals surface area contributed by atoms with E-state index >= 15 is 0 Å². The lowest BCUT2D eigenvalue weighted by atomic mass is 9.94. The SMILES string of the molecule is CCOc1cccc(C2OCCC2CNC(C)(C)C)c1. The zero-order valence-corrected chi connectivity index (χ0v) is 13.1. The molecule has 20 heavy (non-hydrogen) atoms. The second-order valence-electron chi connectivity index (χ2n) is 6.48. The second kappa shape index (κ2) is 6.59. The number of ether oxygens (including phenoxy) is 2. The molecule has 2 unspecified atom stereocenters. The fraction of sp³-hybridized carbons (Fsp3) is 0.647. The van der Waals surface area contributed by atoms with Gasteiger partial charge in [0.25, 0.3) is 0 Å². The highest BCUT2D eigenvalue weighted by Crippen LogP contribution is 2.35. The minimum atomic E-state index is 0.153. The first-order valence-corrected chi connectivity index (χ1v) is 7.59. The molecule has 0 spiro atoms. The molecule has 1 aliphatic rings. The largest absolute Gasteiger partial charge is 0.494 e. The maximum atomic E-state index is 5.95. The number of benzene rings is 1. The third-order valence-corrected chi connectivity index (χ3v) is 3.61. The van der Waals surface area contributed by atoms with Crippen LogP contribution in [0.1, 0.15) is 45.8 Å². The molecular weight excluding hydrogens is 250 g/mol. The minimum absolute atomic E-state index is 0.153. The van der Waals surface area contributed by atoms with Gasteiger partial charge in [-0.25, -0.2) is 0 Å². The van der Waals surface area contributed by atoms with Gasteiger partial charge in [0.15, 0.2) is 0 Å². The van der Waals surface area contributed by atoms with Gasteiger partial charge in [0.1, 0.15) is 5.75 Å². The third-order valence-electron chi connectivity index (χ3n) is 3.61. The lowest BCUT2D eigenvalue weighted by Gasteiger charge is -2.26. The van der Waals surface area contributed by atoms with Crippen molar-refractivity contribution in [3.63, 3.8) is 0 Å². The van der Waals surface area contributed by atoms with Crippen molar-refractivity contribution in [2.45, 2.75) is 45.8 Å². The van der Waals surface area contributed by atoms with E-state index in [-0.39, 0.29) is 11.6 Å². The van der Waals surface area contributed by atoms with E-state index in [1.165, 1.54) is 5.56 Å². The zero-order valence-electron chi connectivity index (χ0n) is 13.1. The highest BCUT2D eigenvalue weighted by Gasteiger charge is 2.30. The number of rotatable bonds is 5. The van der Waals surface area contributed by atoms with Crippen LogP contribution in [0.2, 0.25) is 0 Å². The summed E-state index contributed by atoms with van der Waals surface area (Å²) in [5, 5.41) is 3.59. The molecule has 0 aliphatic carbocycles. The standard InChI is InChI=1S/C17H27NO2/c1-5-19-15-8-6-7-13(11-15)16-14(9-10-20-16)12-18-17(2,3)4/h6-8,11,14,16,18H,5,9-10,12H2,1-4H3. The van der Waals surface area contributed by atoms with E-state index in [2.05, 4.69) is 44.3 Å². The molecular formula is C17H27NO2. The highest BCUT2D eigenvalue weighted by molar-refractivity contribution is 5.30. The van der Waals surface area contributed by atoms with Gasteiger partial charge in [-0.05, 0) is 51.8 Å². The molecule has 0 amide bonds. The monoisotopic (exact) mass is 277 g/mol. The average Bonchev–Trinajstić information content (AvgIpc) is 2.84. The van der Waals surface area contributed by atoms with Gasteiger partial charge in [0, 0.05) is 24.6 Å². The average molecular weight is 277 g/mol. The van der Waals surface area contributed by atoms with Crippen LogP contribution in [-0.2, 0) is 4.74 Å². The molecule has 1 fully saturated rings. The van der Waals surface area contributed by atoms with E-state index in [1.54, 1.807) is 0 Å². The molecule has 2 rings (SSSR count). The van der Waals surface area contributed by atoms with Gasteiger partial charge in [-0.2, -0.15) is 0 Å². The van der Waals surface area contributed by atoms with Crippen LogP contribution in [-0.4, -0.2) is 25.3 Å². The van der Waals surface area contributed by atoms with Crippen LogP contribution < -0.4 is 10.1 Å². The van der Waals surface area contributed by atoms with Gasteiger partial charge >= 0.3 is 0 Å². The minimum Gasteiger partial charge on any atom is -0.494 e. The van der Waals surface area contributed by atoms with Crippen molar-refractivity contribution in [1.29, 1.82) is 0 Å². The van der Waals surface area contributed by atoms with Crippen LogP contribution in [0, 0.1) is 5.92 Å². The van der Waals surface area contributed by atoms with E-state index in [0.717, 1.165) is 25.3 Å². The lowest BCUT2D eigenvalue weighted by molar-refractivity contribution is 0.0887. The number of hydrogen-bond donors (Lipinski definition) is 1. The van der Waals surface area contributed by atoms with Crippen molar-refractivity contribution in [2.24, 2.45) is 5.92 Å². The summed E-state index contributed by atoms with van der Waals surface area (Å²) >= 11 is 0. The Morgan fingerprint density at radius 2 is 2.15 bits per heavy atom. The quantitative estimate of drug-likeness (QED) is 0.893. The Morgan fingerprint density at radius 1 is 1.35 bits per heavy atom. The Bertz CT molecular complexity index is 425. The van der Waals surface area contributed by atoms with Crippen molar-refractivity contribution in [3.8, 4) is 5.75 Å². The van der Waals surface area contributed by atoms with Crippen molar-refractivity contribution >= 4 is 0 Å². The summed E-state index contributed by atoms with van der Waals surface area (Å²) in [7, 11) is 0. The molecule has 1 aromatic rings. The first-order valence-electron chi connectivity index (χ1n) is 7.59. The molecule has 2 atom stereocenters. The van der Waals surface area contributed by atoms with Crippen LogP contribution in [0.15, 0.2) is 24.3 Å². The van der Waals surface area contributed by atoms with Gasteiger partial charge < -0.3 is 14.8 Å². The number of nitrogens with one attached hydrogen (secondary N) is 1. The smallest absolute Gasteiger partial charge is 0.119 e. The van der Waals surface area contributed by atoms with Gasteiger partial charge in [-0.15, -0.1) is 0 Å². The fourth-order valence-electron chi connectivity index (χ4n) is 2.60. The first kappa shape index (κ1) is 15.3. The van der Waals surface area contributed by atoms with E-state index < -0.39 is 0 Å². The molecule has 1 saturated heterocycles. The summed E-state index contributed by atoms with van der Waals surface area (Å²) < 4.78 is 11.5. The molecule has 1 heterocycles. The predicted octanol–water partition coefficient (Wildman–Crippen LogP) is 3.55. The topological polar surface area (TPSA) is 30.5 Å². The third kappa shape index (κ3) is 4.22. The Labute approximate surface area is 122 Å². The Hall–Kier alpha value is -1.06. The first-order chi connectivity index (χ1) is 9.49. The summed E-state index contributed by atoms with van der Waals surface area (Å²) in [6, 6.07) is 8.31. The maximum Gasteiger partial charge on any atom is 0.119 e. The Balaban J connectivity index is 2.04. The fourth-order valence-corrected chi connectivity index (χ4v) is 2.60. The van der Waals surface area contributed by atoms with Crippen LogP contribution in [0.3, 0.4) is 0 Å². The summed E-state index contributed by atoms with van der Waals surface area (Å²) in [6.07, 6.45) is 1.30. The highest BCUT2D eigenvalue weighted by atomic mass is 16.5. The molecule has 1 aliphatic heterocycles. The van der Waals surface area contributed by atoms with E-state index in [0.29, 0.717) is 12.5 Å². The molecule has 0 radical (unpaired) electrons. The molecule has 1 aromatic carbocycles. The van der Waals surface area contributed by atoms with E-state index in [4.69, 9.17) is 9.47 Å². The number of hydrogen-bond acceptors (Lipinski definition) is 3. The van der Waals surface area contributed by atoms with Crippen LogP contribution >= 0.6 is 0 Å². The second-order valence-corrected chi connectivity index (χ2v) is 6.48.